The molecule has 2 N–H and O–H groups in total. The molecule has 0 aromatic carbocycles. The Morgan fingerprint density at radius 2 is 1.63 bits per heavy atom. The van der Waals surface area contributed by atoms with Crippen molar-refractivity contribution >= 4 is 35.8 Å². The standard InChI is InChI=1S/C19H35N5O2.HI/c1-2-20-18(21-16-19(26)7-3-4-8-19)24-13-11-22(12-14-24)15-17(25)23-9-5-6-10-23;/h26H,2-16H2,1H3,(H,20,21);1H. The van der Waals surface area contributed by atoms with Gasteiger partial charge in [-0.1, -0.05) is 12.8 Å². The zero-order valence-corrected chi connectivity index (χ0v) is 19.0. The van der Waals surface area contributed by atoms with Gasteiger partial charge in [-0.3, -0.25) is 14.7 Å². The highest BCUT2D eigenvalue weighted by Gasteiger charge is 2.31. The highest BCUT2D eigenvalue weighted by molar-refractivity contribution is 14.0. The summed E-state index contributed by atoms with van der Waals surface area (Å²) in [7, 11) is 0. The predicted molar refractivity (Wildman–Crippen MR) is 119 cm³/mol. The smallest absolute Gasteiger partial charge is 0.236 e. The summed E-state index contributed by atoms with van der Waals surface area (Å²) >= 11 is 0. The average Bonchev–Trinajstić information content (AvgIpc) is 3.32. The van der Waals surface area contributed by atoms with Crippen LogP contribution in [0.2, 0.25) is 0 Å². The van der Waals surface area contributed by atoms with Gasteiger partial charge in [-0.25, -0.2) is 0 Å². The number of aliphatic hydroxyl groups is 1. The fraction of sp³-hybridized carbons (Fsp3) is 0.895. The van der Waals surface area contributed by atoms with Gasteiger partial charge in [0, 0.05) is 45.8 Å². The molecular weight excluding hydrogens is 457 g/mol. The molecule has 2 saturated heterocycles. The summed E-state index contributed by atoms with van der Waals surface area (Å²) in [4.78, 5) is 23.6. The van der Waals surface area contributed by atoms with Crippen molar-refractivity contribution in [2.24, 2.45) is 4.99 Å². The van der Waals surface area contributed by atoms with Gasteiger partial charge >= 0.3 is 0 Å². The zero-order valence-electron chi connectivity index (χ0n) is 16.7. The van der Waals surface area contributed by atoms with E-state index in [-0.39, 0.29) is 29.9 Å². The number of aliphatic imine (C=N–C) groups is 1. The molecule has 3 rings (SSSR count). The van der Waals surface area contributed by atoms with Gasteiger partial charge in [0.25, 0.3) is 0 Å². The number of carbonyl (C=O) groups excluding carboxylic acids is 1. The molecule has 3 fully saturated rings. The van der Waals surface area contributed by atoms with Crippen LogP contribution in [0.15, 0.2) is 4.99 Å². The maximum atomic E-state index is 12.3. The number of hydrogen-bond acceptors (Lipinski definition) is 4. The lowest BCUT2D eigenvalue weighted by Crippen LogP contribution is -2.54. The normalized spacial score (nSPS) is 23.4. The first kappa shape index (κ1) is 22.7. The molecule has 0 unspecified atom stereocenters. The lowest BCUT2D eigenvalue weighted by Gasteiger charge is -2.37. The minimum absolute atomic E-state index is 0. The Hall–Kier alpha value is -0.610. The number of nitrogens with zero attached hydrogens (tertiary/aromatic N) is 4. The number of likely N-dealkylation sites (tertiary alicyclic amines) is 1. The SMILES string of the molecule is CCNC(=NCC1(O)CCCC1)N1CCN(CC(=O)N2CCCC2)CC1.I. The molecule has 0 bridgehead atoms. The highest BCUT2D eigenvalue weighted by atomic mass is 127. The quantitative estimate of drug-likeness (QED) is 0.341. The third kappa shape index (κ3) is 6.45. The number of hydrogen-bond donors (Lipinski definition) is 2. The van der Waals surface area contributed by atoms with Crippen LogP contribution in [0.1, 0.15) is 45.4 Å². The van der Waals surface area contributed by atoms with Crippen LogP contribution in [0.4, 0.5) is 0 Å². The first-order valence-corrected chi connectivity index (χ1v) is 10.4. The lowest BCUT2D eigenvalue weighted by molar-refractivity contribution is -0.131. The molecule has 0 atom stereocenters. The molecule has 2 aliphatic heterocycles. The maximum Gasteiger partial charge on any atom is 0.236 e. The van der Waals surface area contributed by atoms with Crippen molar-refractivity contribution in [1.82, 2.24) is 20.0 Å². The third-order valence-corrected chi connectivity index (χ3v) is 5.88. The van der Waals surface area contributed by atoms with E-state index >= 15 is 0 Å². The van der Waals surface area contributed by atoms with Gasteiger partial charge in [-0.05, 0) is 32.6 Å². The van der Waals surface area contributed by atoms with E-state index < -0.39 is 5.60 Å². The number of rotatable bonds is 5. The molecule has 1 aliphatic carbocycles. The van der Waals surface area contributed by atoms with Crippen molar-refractivity contribution in [3.63, 3.8) is 0 Å². The fourth-order valence-corrected chi connectivity index (χ4v) is 4.21. The van der Waals surface area contributed by atoms with E-state index in [1.807, 2.05) is 4.90 Å². The van der Waals surface area contributed by atoms with Gasteiger partial charge < -0.3 is 20.2 Å². The minimum atomic E-state index is -0.607. The number of guanidine groups is 1. The second-order valence-corrected chi connectivity index (χ2v) is 7.95. The minimum Gasteiger partial charge on any atom is -0.388 e. The van der Waals surface area contributed by atoms with Gasteiger partial charge in [-0.2, -0.15) is 0 Å². The first-order chi connectivity index (χ1) is 12.6. The van der Waals surface area contributed by atoms with E-state index in [9.17, 15) is 9.90 Å². The Bertz CT molecular complexity index is 496. The van der Waals surface area contributed by atoms with Gasteiger partial charge in [0.05, 0.1) is 18.7 Å². The summed E-state index contributed by atoms with van der Waals surface area (Å²) in [5.41, 5.74) is -0.607. The molecule has 2 heterocycles. The van der Waals surface area contributed by atoms with E-state index in [2.05, 4.69) is 22.0 Å². The molecule has 3 aliphatic rings. The molecule has 27 heavy (non-hydrogen) atoms. The summed E-state index contributed by atoms with van der Waals surface area (Å²) in [6.07, 6.45) is 6.23. The second-order valence-electron chi connectivity index (χ2n) is 7.95. The molecule has 156 valence electrons. The van der Waals surface area contributed by atoms with Crippen molar-refractivity contribution in [3.8, 4) is 0 Å². The average molecular weight is 493 g/mol. The fourth-order valence-electron chi connectivity index (χ4n) is 4.21. The summed E-state index contributed by atoms with van der Waals surface area (Å²) < 4.78 is 0. The van der Waals surface area contributed by atoms with E-state index in [0.29, 0.717) is 13.1 Å². The number of amides is 1. The summed E-state index contributed by atoms with van der Waals surface area (Å²) in [5, 5.41) is 13.9. The molecule has 1 saturated carbocycles. The summed E-state index contributed by atoms with van der Waals surface area (Å²) in [5.74, 6) is 1.18. The molecule has 0 aromatic heterocycles. The highest BCUT2D eigenvalue weighted by Crippen LogP contribution is 2.29. The Kier molecular flexibility index (Phi) is 9.07. The van der Waals surface area contributed by atoms with Crippen LogP contribution < -0.4 is 5.32 Å². The Balaban J connectivity index is 0.00000261. The molecule has 7 nitrogen and oxygen atoms in total. The monoisotopic (exact) mass is 493 g/mol. The Morgan fingerprint density at radius 3 is 2.22 bits per heavy atom. The molecule has 1 amide bonds. The molecule has 8 heteroatoms. The van der Waals surface area contributed by atoms with Crippen LogP contribution in [0, 0.1) is 0 Å². The largest absolute Gasteiger partial charge is 0.388 e. The van der Waals surface area contributed by atoms with Crippen molar-refractivity contribution in [2.45, 2.75) is 51.0 Å². The van der Waals surface area contributed by atoms with E-state index in [4.69, 9.17) is 4.99 Å². The van der Waals surface area contributed by atoms with E-state index in [0.717, 1.165) is 90.3 Å². The van der Waals surface area contributed by atoms with Gasteiger partial charge in [0.2, 0.25) is 5.91 Å². The third-order valence-electron chi connectivity index (χ3n) is 5.88. The van der Waals surface area contributed by atoms with Crippen molar-refractivity contribution in [2.75, 3.05) is 58.9 Å². The van der Waals surface area contributed by atoms with E-state index in [1.54, 1.807) is 0 Å². The summed E-state index contributed by atoms with van der Waals surface area (Å²) in [6.45, 7) is 9.30. The van der Waals surface area contributed by atoms with Gasteiger partial charge in [0.15, 0.2) is 5.96 Å². The summed E-state index contributed by atoms with van der Waals surface area (Å²) in [6, 6.07) is 0. The van der Waals surface area contributed by atoms with Gasteiger partial charge in [0.1, 0.15) is 0 Å². The number of carbonyl (C=O) groups is 1. The van der Waals surface area contributed by atoms with Crippen LogP contribution in [-0.2, 0) is 4.79 Å². The van der Waals surface area contributed by atoms with Crippen molar-refractivity contribution < 1.29 is 9.90 Å². The van der Waals surface area contributed by atoms with Crippen LogP contribution in [0.3, 0.4) is 0 Å². The zero-order chi connectivity index (χ0) is 18.4. The van der Waals surface area contributed by atoms with Crippen LogP contribution in [0.5, 0.6) is 0 Å². The van der Waals surface area contributed by atoms with Crippen molar-refractivity contribution in [3.05, 3.63) is 0 Å². The molecular formula is C19H36IN5O2. The number of nitrogens with one attached hydrogen (secondary N) is 1. The Labute approximate surface area is 180 Å². The van der Waals surface area contributed by atoms with Crippen LogP contribution in [0.25, 0.3) is 0 Å². The maximum absolute atomic E-state index is 12.3. The molecule has 0 radical (unpaired) electrons. The number of piperazine rings is 1. The van der Waals surface area contributed by atoms with Crippen LogP contribution in [-0.4, -0.2) is 96.2 Å². The second kappa shape index (κ2) is 10.8. The topological polar surface area (TPSA) is 71.4 Å². The lowest BCUT2D eigenvalue weighted by atomic mass is 10.0. The van der Waals surface area contributed by atoms with Crippen molar-refractivity contribution in [1.29, 1.82) is 0 Å². The van der Waals surface area contributed by atoms with Crippen LogP contribution >= 0.6 is 24.0 Å². The van der Waals surface area contributed by atoms with E-state index in [1.165, 1.54) is 0 Å². The molecule has 0 aromatic rings. The number of halogens is 1. The predicted octanol–water partition coefficient (Wildman–Crippen LogP) is 1.12. The first-order valence-electron chi connectivity index (χ1n) is 10.4. The van der Waals surface area contributed by atoms with Gasteiger partial charge in [-0.15, -0.1) is 24.0 Å². The Morgan fingerprint density at radius 1 is 1.00 bits per heavy atom. The molecule has 0 spiro atoms.